The zero-order valence-electron chi connectivity index (χ0n) is 16.3. The Morgan fingerprint density at radius 2 is 1.43 bits per heavy atom. The van der Waals surface area contributed by atoms with E-state index in [1.807, 2.05) is 72.8 Å². The average Bonchev–Trinajstić information content (AvgIpc) is 2.78. The lowest BCUT2D eigenvalue weighted by Gasteiger charge is -2.18. The molecular weight excluding hydrogens is 396 g/mol. The number of hydrogen-bond donors (Lipinski definition) is 1. The van der Waals surface area contributed by atoms with Gasteiger partial charge >= 0.3 is 0 Å². The summed E-state index contributed by atoms with van der Waals surface area (Å²) in [4.78, 5) is 0.194. The molecule has 2 N–H and O–H groups in total. The van der Waals surface area contributed by atoms with Crippen LogP contribution in [0.5, 0.6) is 5.75 Å². The number of benzene rings is 4. The lowest BCUT2D eigenvalue weighted by atomic mass is 10.1. The van der Waals surface area contributed by atoms with E-state index < -0.39 is 10.0 Å². The van der Waals surface area contributed by atoms with Crippen molar-refractivity contribution >= 4 is 20.8 Å². The van der Waals surface area contributed by atoms with E-state index in [1.165, 1.54) is 0 Å². The summed E-state index contributed by atoms with van der Waals surface area (Å²) >= 11 is 0. The molecule has 0 radical (unpaired) electrons. The largest absolute Gasteiger partial charge is 0.489 e. The number of hydrogen-bond acceptors (Lipinski definition) is 4. The van der Waals surface area contributed by atoms with Gasteiger partial charge in [-0.3, -0.25) is 5.84 Å². The predicted molar refractivity (Wildman–Crippen MR) is 118 cm³/mol. The highest BCUT2D eigenvalue weighted by atomic mass is 32.2. The molecule has 0 spiro atoms. The fourth-order valence-electron chi connectivity index (χ4n) is 3.29. The summed E-state index contributed by atoms with van der Waals surface area (Å²) in [5.74, 6) is 6.69. The van der Waals surface area contributed by atoms with E-state index >= 15 is 0 Å². The molecule has 0 atom stereocenters. The lowest BCUT2D eigenvalue weighted by molar-refractivity contribution is 0.305. The molecule has 152 valence electrons. The molecule has 0 saturated carbocycles. The van der Waals surface area contributed by atoms with Gasteiger partial charge in [0.05, 0.1) is 11.4 Å². The summed E-state index contributed by atoms with van der Waals surface area (Å²) < 4.78 is 32.9. The summed E-state index contributed by atoms with van der Waals surface area (Å²) in [6.07, 6.45) is 0. The van der Waals surface area contributed by atoms with Crippen LogP contribution < -0.4 is 10.6 Å². The second-order valence-electron chi connectivity index (χ2n) is 6.95. The van der Waals surface area contributed by atoms with Crippen molar-refractivity contribution in [2.45, 2.75) is 18.0 Å². The summed E-state index contributed by atoms with van der Waals surface area (Å²) in [5, 5.41) is 1.50. The Morgan fingerprint density at radius 1 is 0.767 bits per heavy atom. The standard InChI is InChI=1S/C24H22N2O3S/c25-26(30(27,28)24-15-7-12-21-11-4-5-14-23(21)24)17-20-10-6-13-22(16-20)29-18-19-8-2-1-3-9-19/h1-16H,17-18,25H2. The van der Waals surface area contributed by atoms with E-state index in [1.54, 1.807) is 24.3 Å². The number of hydrazine groups is 1. The van der Waals surface area contributed by atoms with Crippen LogP contribution in [0.2, 0.25) is 0 Å². The number of sulfonamides is 1. The van der Waals surface area contributed by atoms with E-state index in [0.29, 0.717) is 17.7 Å². The van der Waals surface area contributed by atoms with Gasteiger partial charge in [0, 0.05) is 5.39 Å². The zero-order valence-corrected chi connectivity index (χ0v) is 17.1. The molecule has 0 fully saturated rings. The highest BCUT2D eigenvalue weighted by Gasteiger charge is 2.24. The monoisotopic (exact) mass is 418 g/mol. The molecule has 0 aliphatic carbocycles. The van der Waals surface area contributed by atoms with E-state index in [0.717, 1.165) is 20.9 Å². The zero-order chi connectivity index (χ0) is 21.0. The third kappa shape index (κ3) is 4.36. The second kappa shape index (κ2) is 8.67. The second-order valence-corrected chi connectivity index (χ2v) is 8.81. The molecule has 0 amide bonds. The number of nitrogens with two attached hydrogens (primary N) is 1. The van der Waals surface area contributed by atoms with Crippen molar-refractivity contribution < 1.29 is 13.2 Å². The SMILES string of the molecule is NN(Cc1cccc(OCc2ccccc2)c1)S(=O)(=O)c1cccc2ccccc12. The van der Waals surface area contributed by atoms with E-state index in [2.05, 4.69) is 0 Å². The van der Waals surface area contributed by atoms with Crippen LogP contribution in [-0.2, 0) is 23.2 Å². The Morgan fingerprint density at radius 3 is 2.27 bits per heavy atom. The first kappa shape index (κ1) is 20.1. The summed E-state index contributed by atoms with van der Waals surface area (Å²) in [5.41, 5.74) is 1.80. The van der Waals surface area contributed by atoms with Gasteiger partial charge in [-0.2, -0.15) is 0 Å². The van der Waals surface area contributed by atoms with Gasteiger partial charge in [0.25, 0.3) is 10.0 Å². The number of nitrogens with zero attached hydrogens (tertiary/aromatic N) is 1. The number of rotatable bonds is 7. The average molecular weight is 419 g/mol. The fraction of sp³-hybridized carbons (Fsp3) is 0.0833. The Kier molecular flexibility index (Phi) is 5.81. The minimum Gasteiger partial charge on any atom is -0.489 e. The summed E-state index contributed by atoms with van der Waals surface area (Å²) in [6, 6.07) is 29.7. The Hall–Kier alpha value is -3.19. The highest BCUT2D eigenvalue weighted by molar-refractivity contribution is 7.89. The molecule has 0 aliphatic rings. The molecule has 0 saturated heterocycles. The van der Waals surface area contributed by atoms with Crippen molar-refractivity contribution in [1.29, 1.82) is 0 Å². The van der Waals surface area contributed by atoms with E-state index in [9.17, 15) is 8.42 Å². The van der Waals surface area contributed by atoms with Crippen LogP contribution in [0, 0.1) is 0 Å². The van der Waals surface area contributed by atoms with Gasteiger partial charge in [0.2, 0.25) is 0 Å². The maximum atomic E-state index is 13.1. The van der Waals surface area contributed by atoms with Crippen molar-refractivity contribution in [2.75, 3.05) is 0 Å². The van der Waals surface area contributed by atoms with Gasteiger partial charge in [-0.15, -0.1) is 4.41 Å². The van der Waals surface area contributed by atoms with Gasteiger partial charge in [-0.05, 0) is 34.7 Å². The third-order valence-electron chi connectivity index (χ3n) is 4.82. The van der Waals surface area contributed by atoms with Gasteiger partial charge < -0.3 is 4.74 Å². The molecule has 0 aromatic heterocycles. The van der Waals surface area contributed by atoms with Crippen LogP contribution in [0.4, 0.5) is 0 Å². The van der Waals surface area contributed by atoms with Crippen molar-refractivity contribution in [3.8, 4) is 5.75 Å². The first-order valence-corrected chi connectivity index (χ1v) is 11.0. The fourth-order valence-corrected chi connectivity index (χ4v) is 4.57. The van der Waals surface area contributed by atoms with Gasteiger partial charge in [0.15, 0.2) is 0 Å². The maximum Gasteiger partial charge on any atom is 0.256 e. The topological polar surface area (TPSA) is 72.6 Å². The predicted octanol–water partition coefficient (Wildman–Crippen LogP) is 4.48. The highest BCUT2D eigenvalue weighted by Crippen LogP contribution is 2.26. The molecule has 6 heteroatoms. The first-order valence-electron chi connectivity index (χ1n) is 9.55. The molecule has 5 nitrogen and oxygen atoms in total. The van der Waals surface area contributed by atoms with Crippen LogP contribution in [0.1, 0.15) is 11.1 Å². The smallest absolute Gasteiger partial charge is 0.256 e. The van der Waals surface area contributed by atoms with Gasteiger partial charge in [-0.1, -0.05) is 78.9 Å². The Balaban J connectivity index is 1.52. The Labute approximate surface area is 176 Å². The van der Waals surface area contributed by atoms with Crippen molar-refractivity contribution in [2.24, 2.45) is 5.84 Å². The molecule has 0 bridgehead atoms. The minimum absolute atomic E-state index is 0.0358. The van der Waals surface area contributed by atoms with Crippen molar-refractivity contribution in [3.05, 3.63) is 108 Å². The Bertz CT molecular complexity index is 1250. The lowest BCUT2D eigenvalue weighted by Crippen LogP contribution is -2.36. The van der Waals surface area contributed by atoms with E-state index in [4.69, 9.17) is 10.6 Å². The molecule has 4 rings (SSSR count). The molecule has 0 aliphatic heterocycles. The quantitative estimate of drug-likeness (QED) is 0.355. The number of fused-ring (bicyclic) bond motifs is 1. The van der Waals surface area contributed by atoms with Crippen LogP contribution in [0.3, 0.4) is 0 Å². The summed E-state index contributed by atoms with van der Waals surface area (Å²) in [7, 11) is -3.86. The maximum absolute atomic E-state index is 13.1. The van der Waals surface area contributed by atoms with Crippen LogP contribution in [0.15, 0.2) is 102 Å². The third-order valence-corrected chi connectivity index (χ3v) is 6.48. The van der Waals surface area contributed by atoms with Gasteiger partial charge in [0.1, 0.15) is 12.4 Å². The summed E-state index contributed by atoms with van der Waals surface area (Å²) in [6.45, 7) is 0.471. The molecule has 4 aromatic carbocycles. The van der Waals surface area contributed by atoms with Crippen LogP contribution in [-0.4, -0.2) is 12.8 Å². The molecular formula is C24H22N2O3S. The number of ether oxygens (including phenoxy) is 1. The van der Waals surface area contributed by atoms with Crippen LogP contribution >= 0.6 is 0 Å². The van der Waals surface area contributed by atoms with Gasteiger partial charge in [-0.25, -0.2) is 8.42 Å². The first-order chi connectivity index (χ1) is 14.5. The van der Waals surface area contributed by atoms with Crippen LogP contribution in [0.25, 0.3) is 10.8 Å². The molecule has 0 heterocycles. The van der Waals surface area contributed by atoms with Crippen molar-refractivity contribution in [3.63, 3.8) is 0 Å². The molecule has 0 unspecified atom stereocenters. The van der Waals surface area contributed by atoms with E-state index in [-0.39, 0.29) is 11.4 Å². The van der Waals surface area contributed by atoms with Crippen molar-refractivity contribution in [1.82, 2.24) is 4.41 Å². The minimum atomic E-state index is -3.86. The molecule has 30 heavy (non-hydrogen) atoms. The molecule has 4 aromatic rings. The normalized spacial score (nSPS) is 11.7.